The van der Waals surface area contributed by atoms with Crippen LogP contribution in [-0.4, -0.2) is 42.7 Å². The van der Waals surface area contributed by atoms with Gasteiger partial charge in [-0.3, -0.25) is 10.0 Å². The van der Waals surface area contributed by atoms with E-state index in [0.717, 1.165) is 13.1 Å². The van der Waals surface area contributed by atoms with Gasteiger partial charge < -0.3 is 5.11 Å². The molecule has 0 unspecified atom stereocenters. The molecule has 9 heavy (non-hydrogen) atoms. The topological polar surface area (TPSA) is 47.9 Å². The van der Waals surface area contributed by atoms with Crippen LogP contribution in [0.15, 0.2) is 4.99 Å². The molecule has 0 aromatic rings. The Labute approximate surface area is 54.2 Å². The first-order valence-corrected chi connectivity index (χ1v) is 3.04. The molecule has 0 aliphatic carbocycles. The number of rotatable bonds is 3. The highest BCUT2D eigenvalue weighted by Crippen LogP contribution is 1.85. The van der Waals surface area contributed by atoms with Crippen molar-refractivity contribution in [2.75, 3.05) is 26.2 Å². The summed E-state index contributed by atoms with van der Waals surface area (Å²) in [6, 6.07) is 0. The lowest BCUT2D eigenvalue weighted by atomic mass is 10.7. The van der Waals surface area contributed by atoms with Gasteiger partial charge in [0, 0.05) is 6.54 Å². The van der Waals surface area contributed by atoms with Crippen molar-refractivity contribution < 1.29 is 5.11 Å². The molecule has 0 aromatic carbocycles. The zero-order valence-corrected chi connectivity index (χ0v) is 5.25. The minimum absolute atomic E-state index is 0.171. The summed E-state index contributed by atoms with van der Waals surface area (Å²) in [7, 11) is 0. The van der Waals surface area contributed by atoms with Crippen molar-refractivity contribution in [1.82, 2.24) is 10.4 Å². The highest BCUT2D eigenvalue weighted by molar-refractivity contribution is 5.56. The standard InChI is InChI=1S/C5H11N3O/c9-4-2-7-8-3-1-6-5-8/h5,7,9H,1-4H2. The largest absolute Gasteiger partial charge is 0.395 e. The summed E-state index contributed by atoms with van der Waals surface area (Å²) in [5.74, 6) is 0. The first-order valence-electron chi connectivity index (χ1n) is 3.04. The lowest BCUT2D eigenvalue weighted by Gasteiger charge is -2.13. The smallest absolute Gasteiger partial charge is 0.0993 e. The molecule has 4 nitrogen and oxygen atoms in total. The summed E-state index contributed by atoms with van der Waals surface area (Å²) in [4.78, 5) is 3.97. The second-order valence-corrected chi connectivity index (χ2v) is 1.85. The molecule has 0 aromatic heterocycles. The van der Waals surface area contributed by atoms with Crippen LogP contribution in [0.2, 0.25) is 0 Å². The molecule has 0 radical (unpaired) electrons. The van der Waals surface area contributed by atoms with Gasteiger partial charge in [-0.15, -0.1) is 0 Å². The van der Waals surface area contributed by atoms with E-state index in [1.165, 1.54) is 0 Å². The molecule has 52 valence electrons. The average Bonchev–Trinajstić information content (AvgIpc) is 2.34. The van der Waals surface area contributed by atoms with Gasteiger partial charge >= 0.3 is 0 Å². The lowest BCUT2D eigenvalue weighted by Crippen LogP contribution is -2.37. The monoisotopic (exact) mass is 129 g/mol. The molecule has 1 aliphatic heterocycles. The van der Waals surface area contributed by atoms with Gasteiger partial charge in [-0.1, -0.05) is 0 Å². The van der Waals surface area contributed by atoms with Gasteiger partial charge in [-0.05, 0) is 0 Å². The number of nitrogens with one attached hydrogen (secondary N) is 1. The maximum absolute atomic E-state index is 8.39. The molecule has 0 amide bonds. The van der Waals surface area contributed by atoms with Crippen LogP contribution in [0.25, 0.3) is 0 Å². The van der Waals surface area contributed by atoms with Crippen LogP contribution in [0.3, 0.4) is 0 Å². The van der Waals surface area contributed by atoms with Gasteiger partial charge in [0.2, 0.25) is 0 Å². The third kappa shape index (κ3) is 1.99. The fourth-order valence-corrected chi connectivity index (χ4v) is 0.693. The molecule has 4 heteroatoms. The van der Waals surface area contributed by atoms with Crippen LogP contribution >= 0.6 is 0 Å². The lowest BCUT2D eigenvalue weighted by molar-refractivity contribution is 0.247. The predicted octanol–water partition coefficient (Wildman–Crippen LogP) is -1.17. The number of aliphatic hydroxyl groups excluding tert-OH is 1. The second kappa shape index (κ2) is 3.42. The van der Waals surface area contributed by atoms with Crippen molar-refractivity contribution in [3.05, 3.63) is 0 Å². The maximum Gasteiger partial charge on any atom is 0.0993 e. The van der Waals surface area contributed by atoms with E-state index in [1.807, 2.05) is 5.01 Å². The molecule has 0 bridgehead atoms. The van der Waals surface area contributed by atoms with E-state index < -0.39 is 0 Å². The van der Waals surface area contributed by atoms with Gasteiger partial charge in [-0.2, -0.15) is 0 Å². The molecule has 1 heterocycles. The van der Waals surface area contributed by atoms with Gasteiger partial charge in [0.15, 0.2) is 0 Å². The predicted molar refractivity (Wildman–Crippen MR) is 35.2 cm³/mol. The maximum atomic E-state index is 8.39. The number of nitrogens with zero attached hydrogens (tertiary/aromatic N) is 2. The van der Waals surface area contributed by atoms with Crippen molar-refractivity contribution in [2.24, 2.45) is 4.99 Å². The zero-order chi connectivity index (χ0) is 6.53. The van der Waals surface area contributed by atoms with Crippen molar-refractivity contribution in [1.29, 1.82) is 0 Å². The first kappa shape index (κ1) is 6.51. The van der Waals surface area contributed by atoms with Gasteiger partial charge in [0.05, 0.1) is 26.0 Å². The van der Waals surface area contributed by atoms with Gasteiger partial charge in [-0.25, -0.2) is 5.43 Å². The van der Waals surface area contributed by atoms with E-state index in [9.17, 15) is 0 Å². The average molecular weight is 129 g/mol. The van der Waals surface area contributed by atoms with E-state index in [1.54, 1.807) is 6.34 Å². The number of aliphatic hydroxyl groups is 1. The molecule has 0 atom stereocenters. The van der Waals surface area contributed by atoms with Crippen LogP contribution in [0, 0.1) is 0 Å². The number of aliphatic imine (C=N–C) groups is 1. The van der Waals surface area contributed by atoms with Crippen molar-refractivity contribution in [3.8, 4) is 0 Å². The summed E-state index contributed by atoms with van der Waals surface area (Å²) in [6.45, 7) is 2.55. The molecule has 0 saturated carbocycles. The molecule has 0 fully saturated rings. The van der Waals surface area contributed by atoms with Crippen LogP contribution in [0.4, 0.5) is 0 Å². The van der Waals surface area contributed by atoms with Crippen LogP contribution < -0.4 is 5.43 Å². The molecule has 1 rings (SSSR count). The number of hydrogen-bond donors (Lipinski definition) is 2. The Morgan fingerprint density at radius 2 is 2.67 bits per heavy atom. The SMILES string of the molecule is OCCNN1C=NCC1. The van der Waals surface area contributed by atoms with Crippen LogP contribution in [-0.2, 0) is 0 Å². The molecular weight excluding hydrogens is 118 g/mol. The molecular formula is C5H11N3O. The number of hydrazine groups is 1. The summed E-state index contributed by atoms with van der Waals surface area (Å²) >= 11 is 0. The minimum atomic E-state index is 0.171. The zero-order valence-electron chi connectivity index (χ0n) is 5.25. The van der Waals surface area contributed by atoms with E-state index in [4.69, 9.17) is 5.11 Å². The normalized spacial score (nSPS) is 17.2. The molecule has 0 spiro atoms. The molecule has 1 aliphatic rings. The van der Waals surface area contributed by atoms with E-state index in [0.29, 0.717) is 6.54 Å². The van der Waals surface area contributed by atoms with Crippen molar-refractivity contribution >= 4 is 6.34 Å². The van der Waals surface area contributed by atoms with Crippen molar-refractivity contribution in [2.45, 2.75) is 0 Å². The Kier molecular flexibility index (Phi) is 2.48. The molecule has 2 N–H and O–H groups in total. The van der Waals surface area contributed by atoms with Gasteiger partial charge in [0.1, 0.15) is 0 Å². The Hall–Kier alpha value is -0.610. The van der Waals surface area contributed by atoms with E-state index in [2.05, 4.69) is 10.4 Å². The van der Waals surface area contributed by atoms with E-state index >= 15 is 0 Å². The molecule has 0 saturated heterocycles. The highest BCUT2D eigenvalue weighted by Gasteiger charge is 2.01. The summed E-state index contributed by atoms with van der Waals surface area (Å²) in [5, 5.41) is 10.3. The summed E-state index contributed by atoms with van der Waals surface area (Å²) in [5.41, 5.74) is 2.97. The quantitative estimate of drug-likeness (QED) is 0.504. The fraction of sp³-hybridized carbons (Fsp3) is 0.800. The second-order valence-electron chi connectivity index (χ2n) is 1.85. The first-order chi connectivity index (χ1) is 4.43. The third-order valence-electron chi connectivity index (χ3n) is 1.12. The van der Waals surface area contributed by atoms with Crippen molar-refractivity contribution in [3.63, 3.8) is 0 Å². The van der Waals surface area contributed by atoms with Crippen LogP contribution in [0.5, 0.6) is 0 Å². The van der Waals surface area contributed by atoms with E-state index in [-0.39, 0.29) is 6.61 Å². The highest BCUT2D eigenvalue weighted by atomic mass is 16.3. The Balaban J connectivity index is 2.05. The summed E-state index contributed by atoms with van der Waals surface area (Å²) in [6.07, 6.45) is 1.75. The Morgan fingerprint density at radius 1 is 1.78 bits per heavy atom. The van der Waals surface area contributed by atoms with Gasteiger partial charge in [0.25, 0.3) is 0 Å². The Bertz CT molecular complexity index is 104. The number of hydrogen-bond acceptors (Lipinski definition) is 4. The Morgan fingerprint density at radius 3 is 3.22 bits per heavy atom. The fourth-order valence-electron chi connectivity index (χ4n) is 0.693. The van der Waals surface area contributed by atoms with Crippen LogP contribution in [0.1, 0.15) is 0 Å². The minimum Gasteiger partial charge on any atom is -0.395 e. The summed E-state index contributed by atoms with van der Waals surface area (Å²) < 4.78 is 0. The third-order valence-corrected chi connectivity index (χ3v) is 1.12.